The van der Waals surface area contributed by atoms with Gasteiger partial charge in [-0.3, -0.25) is 4.79 Å². The van der Waals surface area contributed by atoms with Crippen LogP contribution < -0.4 is 0 Å². The molecule has 0 atom stereocenters. The minimum Gasteiger partial charge on any atom is -0.465 e. The van der Waals surface area contributed by atoms with Gasteiger partial charge in [-0.1, -0.05) is 49.4 Å². The van der Waals surface area contributed by atoms with Crippen molar-refractivity contribution in [3.05, 3.63) is 48.0 Å². The van der Waals surface area contributed by atoms with Gasteiger partial charge in [0.05, 0.1) is 6.61 Å². The maximum absolute atomic E-state index is 11.4. The van der Waals surface area contributed by atoms with Gasteiger partial charge in [0.1, 0.15) is 0 Å². The highest BCUT2D eigenvalue weighted by Gasteiger charge is 2.02. The van der Waals surface area contributed by atoms with Crippen LogP contribution in [0.25, 0.3) is 0 Å². The molecule has 0 saturated heterocycles. The Labute approximate surface area is 103 Å². The molecule has 0 heterocycles. The summed E-state index contributed by atoms with van der Waals surface area (Å²) >= 11 is 0. The fourth-order valence-corrected chi connectivity index (χ4v) is 1.49. The molecular weight excluding hydrogens is 212 g/mol. The monoisotopic (exact) mass is 232 g/mol. The molecule has 0 aliphatic carbocycles. The minimum absolute atomic E-state index is 0.112. The van der Waals surface area contributed by atoms with E-state index in [1.54, 1.807) is 0 Å². The highest BCUT2D eigenvalue weighted by Crippen LogP contribution is 2.03. The molecule has 0 spiro atoms. The summed E-state index contributed by atoms with van der Waals surface area (Å²) in [7, 11) is 0. The maximum Gasteiger partial charge on any atom is 0.306 e. The number of carbonyl (C=O) groups excluding carboxylic acids is 1. The lowest BCUT2D eigenvalue weighted by atomic mass is 10.1. The van der Waals surface area contributed by atoms with Gasteiger partial charge in [0.2, 0.25) is 0 Å². The van der Waals surface area contributed by atoms with E-state index in [0.717, 1.165) is 19.3 Å². The first-order valence-corrected chi connectivity index (χ1v) is 6.17. The van der Waals surface area contributed by atoms with E-state index in [1.165, 1.54) is 5.56 Å². The Morgan fingerprint density at radius 3 is 2.71 bits per heavy atom. The summed E-state index contributed by atoms with van der Waals surface area (Å²) < 4.78 is 5.12. The molecule has 0 radical (unpaired) electrons. The highest BCUT2D eigenvalue weighted by molar-refractivity contribution is 5.69. The van der Waals surface area contributed by atoms with Crippen LogP contribution in [0.5, 0.6) is 0 Å². The molecule has 0 aliphatic rings. The van der Waals surface area contributed by atoms with Crippen molar-refractivity contribution in [1.82, 2.24) is 0 Å². The van der Waals surface area contributed by atoms with Crippen LogP contribution in [0.2, 0.25) is 0 Å². The number of hydrogen-bond acceptors (Lipinski definition) is 2. The van der Waals surface area contributed by atoms with Gasteiger partial charge in [-0.25, -0.2) is 0 Å². The Hall–Kier alpha value is -1.57. The van der Waals surface area contributed by atoms with Crippen LogP contribution in [0.4, 0.5) is 0 Å². The summed E-state index contributed by atoms with van der Waals surface area (Å²) in [5.41, 5.74) is 1.18. The molecule has 1 rings (SSSR count). The predicted octanol–water partition coefficient (Wildman–Crippen LogP) is 3.52. The van der Waals surface area contributed by atoms with Gasteiger partial charge in [0, 0.05) is 6.42 Å². The van der Waals surface area contributed by atoms with Crippen molar-refractivity contribution in [2.45, 2.75) is 32.6 Å². The molecule has 0 saturated carbocycles. The lowest BCUT2D eigenvalue weighted by molar-refractivity contribution is -0.143. The van der Waals surface area contributed by atoms with Crippen LogP contribution in [0.3, 0.4) is 0 Å². The number of allylic oxidation sites excluding steroid dienone is 1. The standard InChI is InChI=1S/C15H20O2/c1-2-3-4-8-13-17-15(16)12-11-14-9-6-5-7-10-14/h3-7,9-10H,2,8,11-13H2,1H3. The van der Waals surface area contributed by atoms with E-state index < -0.39 is 0 Å². The third kappa shape index (κ3) is 6.56. The third-order valence-electron chi connectivity index (χ3n) is 2.41. The molecule has 0 aliphatic heterocycles. The van der Waals surface area contributed by atoms with E-state index in [1.807, 2.05) is 36.4 Å². The molecule has 2 heteroatoms. The second-order valence-electron chi connectivity index (χ2n) is 3.87. The first-order chi connectivity index (χ1) is 8.33. The zero-order chi connectivity index (χ0) is 12.3. The van der Waals surface area contributed by atoms with Crippen molar-refractivity contribution >= 4 is 5.97 Å². The van der Waals surface area contributed by atoms with Crippen LogP contribution in [0.1, 0.15) is 31.7 Å². The average molecular weight is 232 g/mol. The van der Waals surface area contributed by atoms with Crippen LogP contribution in [0, 0.1) is 0 Å². The van der Waals surface area contributed by atoms with E-state index in [2.05, 4.69) is 13.0 Å². The summed E-state index contributed by atoms with van der Waals surface area (Å²) in [5, 5.41) is 0. The van der Waals surface area contributed by atoms with Crippen molar-refractivity contribution in [3.63, 3.8) is 0 Å². The van der Waals surface area contributed by atoms with Crippen molar-refractivity contribution < 1.29 is 9.53 Å². The topological polar surface area (TPSA) is 26.3 Å². The molecule has 1 aromatic carbocycles. The van der Waals surface area contributed by atoms with Gasteiger partial charge in [0.15, 0.2) is 0 Å². The molecular formula is C15H20O2. The lowest BCUT2D eigenvalue weighted by Gasteiger charge is -2.03. The summed E-state index contributed by atoms with van der Waals surface area (Å²) in [6, 6.07) is 9.99. The summed E-state index contributed by atoms with van der Waals surface area (Å²) in [6.45, 7) is 2.58. The molecule has 0 amide bonds. The second-order valence-corrected chi connectivity index (χ2v) is 3.87. The molecule has 0 bridgehead atoms. The van der Waals surface area contributed by atoms with Gasteiger partial charge < -0.3 is 4.74 Å². The van der Waals surface area contributed by atoms with Crippen molar-refractivity contribution in [2.24, 2.45) is 0 Å². The van der Waals surface area contributed by atoms with Crippen LogP contribution in [0.15, 0.2) is 42.5 Å². The van der Waals surface area contributed by atoms with Crippen LogP contribution >= 0.6 is 0 Å². The zero-order valence-corrected chi connectivity index (χ0v) is 10.4. The Morgan fingerprint density at radius 2 is 2.00 bits per heavy atom. The molecule has 0 N–H and O–H groups in total. The van der Waals surface area contributed by atoms with Crippen molar-refractivity contribution in [2.75, 3.05) is 6.61 Å². The van der Waals surface area contributed by atoms with E-state index in [0.29, 0.717) is 13.0 Å². The fraction of sp³-hybridized carbons (Fsp3) is 0.400. The summed E-state index contributed by atoms with van der Waals surface area (Å²) in [4.78, 5) is 11.4. The number of ether oxygens (including phenoxy) is 1. The molecule has 17 heavy (non-hydrogen) atoms. The van der Waals surface area contributed by atoms with Crippen molar-refractivity contribution in [3.8, 4) is 0 Å². The van der Waals surface area contributed by atoms with Gasteiger partial charge in [-0.2, -0.15) is 0 Å². The molecule has 0 aromatic heterocycles. The van der Waals surface area contributed by atoms with E-state index in [-0.39, 0.29) is 5.97 Å². The summed E-state index contributed by atoms with van der Waals surface area (Å²) in [5.74, 6) is -0.112. The Balaban J connectivity index is 2.11. The Kier molecular flexibility index (Phi) is 6.80. The minimum atomic E-state index is -0.112. The van der Waals surface area contributed by atoms with E-state index in [4.69, 9.17) is 4.74 Å². The van der Waals surface area contributed by atoms with E-state index in [9.17, 15) is 4.79 Å². The molecule has 2 nitrogen and oxygen atoms in total. The largest absolute Gasteiger partial charge is 0.465 e. The third-order valence-corrected chi connectivity index (χ3v) is 2.41. The van der Waals surface area contributed by atoms with Gasteiger partial charge >= 0.3 is 5.97 Å². The first kappa shape index (κ1) is 13.5. The SMILES string of the molecule is CCC=CCCOC(=O)CCc1ccccc1. The van der Waals surface area contributed by atoms with Gasteiger partial charge in [-0.15, -0.1) is 0 Å². The second kappa shape index (κ2) is 8.57. The number of carbonyl (C=O) groups is 1. The highest BCUT2D eigenvalue weighted by atomic mass is 16.5. The number of rotatable bonds is 7. The molecule has 92 valence electrons. The number of aryl methyl sites for hydroxylation is 1. The fourth-order valence-electron chi connectivity index (χ4n) is 1.49. The van der Waals surface area contributed by atoms with Crippen LogP contribution in [-0.4, -0.2) is 12.6 Å². The van der Waals surface area contributed by atoms with Crippen molar-refractivity contribution in [1.29, 1.82) is 0 Å². The van der Waals surface area contributed by atoms with Gasteiger partial charge in [0.25, 0.3) is 0 Å². The van der Waals surface area contributed by atoms with Crippen LogP contribution in [-0.2, 0) is 16.0 Å². The Bertz CT molecular complexity index is 341. The average Bonchev–Trinajstić information content (AvgIpc) is 2.37. The molecule has 0 unspecified atom stereocenters. The smallest absolute Gasteiger partial charge is 0.306 e. The summed E-state index contributed by atoms with van der Waals surface area (Å²) in [6.07, 6.45) is 7.18. The predicted molar refractivity (Wildman–Crippen MR) is 69.8 cm³/mol. The quantitative estimate of drug-likeness (QED) is 0.408. The normalized spacial score (nSPS) is 10.6. The first-order valence-electron chi connectivity index (χ1n) is 6.17. The number of esters is 1. The number of hydrogen-bond donors (Lipinski definition) is 0. The zero-order valence-electron chi connectivity index (χ0n) is 10.4. The number of benzene rings is 1. The van der Waals surface area contributed by atoms with Gasteiger partial charge in [-0.05, 0) is 24.8 Å². The molecule has 1 aromatic rings. The maximum atomic E-state index is 11.4. The molecule has 0 fully saturated rings. The lowest BCUT2D eigenvalue weighted by Crippen LogP contribution is -2.06. The Morgan fingerprint density at radius 1 is 1.24 bits per heavy atom. The van der Waals surface area contributed by atoms with E-state index >= 15 is 0 Å².